The fourth-order valence-electron chi connectivity index (χ4n) is 2.17. The Morgan fingerprint density at radius 2 is 2.06 bits per heavy atom. The van der Waals surface area contributed by atoms with Crippen molar-refractivity contribution in [3.8, 4) is 0 Å². The summed E-state index contributed by atoms with van der Waals surface area (Å²) in [4.78, 5) is 16.7. The van der Waals surface area contributed by atoms with Gasteiger partial charge in [0.25, 0.3) is 0 Å². The van der Waals surface area contributed by atoms with Crippen molar-refractivity contribution in [2.24, 2.45) is 0 Å². The van der Waals surface area contributed by atoms with Crippen LogP contribution in [-0.4, -0.2) is 28.9 Å². The Morgan fingerprint density at radius 3 is 2.72 bits per heavy atom. The number of rotatable bonds is 4. The van der Waals surface area contributed by atoms with Crippen LogP contribution in [0.25, 0.3) is 10.9 Å². The van der Waals surface area contributed by atoms with E-state index in [0.29, 0.717) is 25.0 Å². The zero-order valence-corrected chi connectivity index (χ0v) is 10.7. The van der Waals surface area contributed by atoms with Crippen LogP contribution in [0.15, 0.2) is 24.4 Å². The summed E-state index contributed by atoms with van der Waals surface area (Å²) in [6, 6.07) is 4.91. The van der Waals surface area contributed by atoms with Crippen molar-refractivity contribution in [2.75, 3.05) is 13.1 Å². The molecule has 0 radical (unpaired) electrons. The summed E-state index contributed by atoms with van der Waals surface area (Å²) in [7, 11) is 0. The van der Waals surface area contributed by atoms with E-state index in [9.17, 15) is 9.18 Å². The molecule has 0 aliphatic carbocycles. The first kappa shape index (κ1) is 12.6. The zero-order valence-electron chi connectivity index (χ0n) is 10.7. The smallest absolute Gasteiger partial charge is 0.227 e. The Hall–Kier alpha value is -1.84. The third-order valence-corrected chi connectivity index (χ3v) is 3.21. The topological polar surface area (TPSA) is 36.1 Å². The number of likely N-dealkylation sites (N-methyl/N-ethyl adjacent to an activating group) is 1. The number of aromatic nitrogens is 1. The number of hydrogen-bond acceptors (Lipinski definition) is 1. The van der Waals surface area contributed by atoms with E-state index >= 15 is 0 Å². The predicted molar refractivity (Wildman–Crippen MR) is 69.9 cm³/mol. The van der Waals surface area contributed by atoms with E-state index in [0.717, 1.165) is 10.9 Å². The van der Waals surface area contributed by atoms with Gasteiger partial charge in [0, 0.05) is 24.7 Å². The summed E-state index contributed by atoms with van der Waals surface area (Å²) in [5, 5.41) is 0.788. The summed E-state index contributed by atoms with van der Waals surface area (Å²) in [6.45, 7) is 5.31. The molecule has 4 heteroatoms. The van der Waals surface area contributed by atoms with Crippen LogP contribution in [0.5, 0.6) is 0 Å². The minimum atomic E-state index is -0.283. The lowest BCUT2D eigenvalue weighted by molar-refractivity contribution is -0.130. The van der Waals surface area contributed by atoms with Crippen LogP contribution in [0.4, 0.5) is 4.39 Å². The highest BCUT2D eigenvalue weighted by Crippen LogP contribution is 2.21. The third kappa shape index (κ3) is 2.23. The van der Waals surface area contributed by atoms with E-state index in [1.165, 1.54) is 6.07 Å². The summed E-state index contributed by atoms with van der Waals surface area (Å²) in [5.41, 5.74) is 1.32. The average molecular weight is 248 g/mol. The molecule has 0 spiro atoms. The molecule has 1 heterocycles. The molecule has 2 rings (SSSR count). The number of hydrogen-bond donors (Lipinski definition) is 1. The molecule has 3 nitrogen and oxygen atoms in total. The van der Waals surface area contributed by atoms with Crippen molar-refractivity contribution in [1.82, 2.24) is 9.88 Å². The molecule has 1 amide bonds. The number of nitrogens with one attached hydrogen (secondary N) is 1. The second kappa shape index (κ2) is 5.21. The van der Waals surface area contributed by atoms with Crippen molar-refractivity contribution in [3.63, 3.8) is 0 Å². The molecule has 18 heavy (non-hydrogen) atoms. The van der Waals surface area contributed by atoms with Gasteiger partial charge in [-0.15, -0.1) is 0 Å². The second-order valence-corrected chi connectivity index (χ2v) is 4.22. The molecule has 0 aliphatic heterocycles. The van der Waals surface area contributed by atoms with Gasteiger partial charge in [-0.25, -0.2) is 4.39 Å². The molecular weight excluding hydrogens is 231 g/mol. The highest BCUT2D eigenvalue weighted by Gasteiger charge is 2.14. The fourth-order valence-corrected chi connectivity index (χ4v) is 2.17. The van der Waals surface area contributed by atoms with E-state index in [2.05, 4.69) is 4.98 Å². The first-order valence-electron chi connectivity index (χ1n) is 6.19. The maximum absolute atomic E-state index is 13.5. The maximum atomic E-state index is 13.5. The number of nitrogens with zero attached hydrogens (tertiary/aromatic N) is 1. The fraction of sp³-hybridized carbons (Fsp3) is 0.357. The summed E-state index contributed by atoms with van der Waals surface area (Å²) in [5.74, 6) is -0.209. The number of benzene rings is 1. The summed E-state index contributed by atoms with van der Waals surface area (Å²) < 4.78 is 13.5. The van der Waals surface area contributed by atoms with E-state index in [-0.39, 0.29) is 11.7 Å². The van der Waals surface area contributed by atoms with Crippen LogP contribution in [0.3, 0.4) is 0 Å². The minimum Gasteiger partial charge on any atom is -0.359 e. The lowest BCUT2D eigenvalue weighted by Gasteiger charge is -2.18. The van der Waals surface area contributed by atoms with Gasteiger partial charge in [0.05, 0.1) is 11.9 Å². The standard InChI is InChI=1S/C14H17FN2O/c1-3-17(4-2)13(18)8-10-9-16-14-11(10)6-5-7-12(14)15/h5-7,9,16H,3-4,8H2,1-2H3. The molecular formula is C14H17FN2O. The zero-order chi connectivity index (χ0) is 13.1. The molecule has 2 aromatic rings. The number of amides is 1. The Labute approximate surface area is 106 Å². The van der Waals surface area contributed by atoms with E-state index in [1.54, 1.807) is 17.2 Å². The lowest BCUT2D eigenvalue weighted by atomic mass is 10.1. The largest absolute Gasteiger partial charge is 0.359 e. The molecule has 1 aromatic heterocycles. The summed E-state index contributed by atoms with van der Waals surface area (Å²) in [6.07, 6.45) is 2.03. The molecule has 1 aromatic carbocycles. The highest BCUT2D eigenvalue weighted by molar-refractivity contribution is 5.89. The Kier molecular flexibility index (Phi) is 3.65. The third-order valence-electron chi connectivity index (χ3n) is 3.21. The van der Waals surface area contributed by atoms with Crippen molar-refractivity contribution in [3.05, 3.63) is 35.8 Å². The van der Waals surface area contributed by atoms with E-state index in [1.807, 2.05) is 19.9 Å². The highest BCUT2D eigenvalue weighted by atomic mass is 19.1. The van der Waals surface area contributed by atoms with Gasteiger partial charge < -0.3 is 9.88 Å². The number of aromatic amines is 1. The minimum absolute atomic E-state index is 0.0742. The van der Waals surface area contributed by atoms with Gasteiger partial charge in [-0.1, -0.05) is 12.1 Å². The van der Waals surface area contributed by atoms with Crippen molar-refractivity contribution < 1.29 is 9.18 Å². The Morgan fingerprint density at radius 1 is 1.33 bits per heavy atom. The van der Waals surface area contributed by atoms with Crippen molar-refractivity contribution in [1.29, 1.82) is 0 Å². The van der Waals surface area contributed by atoms with Crippen LogP contribution in [0.2, 0.25) is 0 Å². The number of carbonyl (C=O) groups is 1. The first-order valence-corrected chi connectivity index (χ1v) is 6.19. The maximum Gasteiger partial charge on any atom is 0.227 e. The Bertz CT molecular complexity index is 558. The van der Waals surface area contributed by atoms with Gasteiger partial charge in [0.2, 0.25) is 5.91 Å². The molecule has 0 bridgehead atoms. The van der Waals surface area contributed by atoms with Crippen LogP contribution in [-0.2, 0) is 11.2 Å². The van der Waals surface area contributed by atoms with Gasteiger partial charge >= 0.3 is 0 Å². The second-order valence-electron chi connectivity index (χ2n) is 4.22. The Balaban J connectivity index is 2.27. The molecule has 0 atom stereocenters. The molecule has 0 aliphatic rings. The summed E-state index contributed by atoms with van der Waals surface area (Å²) >= 11 is 0. The number of carbonyl (C=O) groups excluding carboxylic acids is 1. The molecule has 0 fully saturated rings. The molecule has 1 N–H and O–H groups in total. The van der Waals surface area contributed by atoms with E-state index < -0.39 is 0 Å². The molecule has 96 valence electrons. The lowest BCUT2D eigenvalue weighted by Crippen LogP contribution is -2.31. The monoisotopic (exact) mass is 248 g/mol. The van der Waals surface area contributed by atoms with Crippen LogP contribution in [0, 0.1) is 5.82 Å². The van der Waals surface area contributed by atoms with Crippen molar-refractivity contribution >= 4 is 16.8 Å². The molecule has 0 unspecified atom stereocenters. The number of fused-ring (bicyclic) bond motifs is 1. The molecule has 0 saturated heterocycles. The van der Waals surface area contributed by atoms with Crippen LogP contribution >= 0.6 is 0 Å². The first-order chi connectivity index (χ1) is 8.67. The number of para-hydroxylation sites is 1. The number of H-pyrrole nitrogens is 1. The average Bonchev–Trinajstić information content (AvgIpc) is 2.76. The van der Waals surface area contributed by atoms with Gasteiger partial charge in [-0.2, -0.15) is 0 Å². The molecule has 0 saturated carbocycles. The number of halogens is 1. The van der Waals surface area contributed by atoms with Gasteiger partial charge in [-0.05, 0) is 25.5 Å². The van der Waals surface area contributed by atoms with Gasteiger partial charge in [0.1, 0.15) is 5.82 Å². The van der Waals surface area contributed by atoms with E-state index in [4.69, 9.17) is 0 Å². The van der Waals surface area contributed by atoms with Crippen molar-refractivity contribution in [2.45, 2.75) is 20.3 Å². The van der Waals surface area contributed by atoms with Crippen LogP contribution in [0.1, 0.15) is 19.4 Å². The quantitative estimate of drug-likeness (QED) is 0.887. The van der Waals surface area contributed by atoms with Crippen LogP contribution < -0.4 is 0 Å². The van der Waals surface area contributed by atoms with Gasteiger partial charge in [0.15, 0.2) is 0 Å². The SMILES string of the molecule is CCN(CC)C(=O)Cc1c[nH]c2c(F)cccc12. The van der Waals surface area contributed by atoms with Gasteiger partial charge in [-0.3, -0.25) is 4.79 Å². The predicted octanol–water partition coefficient (Wildman–Crippen LogP) is 2.72. The normalized spacial score (nSPS) is 10.8.